The van der Waals surface area contributed by atoms with Crippen LogP contribution in [0.3, 0.4) is 0 Å². The van der Waals surface area contributed by atoms with Gasteiger partial charge in [0, 0.05) is 12.7 Å². The van der Waals surface area contributed by atoms with Crippen molar-refractivity contribution in [1.29, 1.82) is 0 Å². The van der Waals surface area contributed by atoms with Crippen LogP contribution in [0, 0.1) is 5.82 Å². The van der Waals surface area contributed by atoms with Crippen LogP contribution >= 0.6 is 0 Å². The lowest BCUT2D eigenvalue weighted by Gasteiger charge is -2.12. The van der Waals surface area contributed by atoms with Gasteiger partial charge in [-0.05, 0) is 18.2 Å². The molecule has 0 bridgehead atoms. The number of nitrogens with zero attached hydrogens (tertiary/aromatic N) is 1. The summed E-state index contributed by atoms with van der Waals surface area (Å²) < 4.78 is 55.7. The second-order valence-electron chi connectivity index (χ2n) is 3.45. The van der Waals surface area contributed by atoms with E-state index < -0.39 is 23.1 Å². The number of halogens is 4. The molecule has 2 N–H and O–H groups in total. The second-order valence-corrected chi connectivity index (χ2v) is 3.45. The molecule has 0 aromatic heterocycles. The topological polar surface area (TPSA) is 47.6 Å². The molecule has 0 aliphatic rings. The van der Waals surface area contributed by atoms with Crippen molar-refractivity contribution in [3.8, 4) is 0 Å². The SMILES string of the molecule is COCCN=C(N)c1cc(F)ccc1C(F)(F)F. The first kappa shape index (κ1) is 14.4. The lowest BCUT2D eigenvalue weighted by atomic mass is 10.1. The molecule has 18 heavy (non-hydrogen) atoms. The van der Waals surface area contributed by atoms with Gasteiger partial charge in [-0.25, -0.2) is 4.39 Å². The van der Waals surface area contributed by atoms with E-state index in [-0.39, 0.29) is 19.0 Å². The number of benzene rings is 1. The van der Waals surface area contributed by atoms with Crippen LogP contribution in [0.1, 0.15) is 11.1 Å². The van der Waals surface area contributed by atoms with Gasteiger partial charge in [-0.3, -0.25) is 4.99 Å². The Morgan fingerprint density at radius 1 is 1.39 bits per heavy atom. The highest BCUT2D eigenvalue weighted by Crippen LogP contribution is 2.32. The summed E-state index contributed by atoms with van der Waals surface area (Å²) in [7, 11) is 1.43. The van der Waals surface area contributed by atoms with Crippen LogP contribution in [0.5, 0.6) is 0 Å². The fourth-order valence-corrected chi connectivity index (χ4v) is 1.32. The molecule has 0 radical (unpaired) electrons. The average Bonchev–Trinajstić information content (AvgIpc) is 2.27. The van der Waals surface area contributed by atoms with E-state index >= 15 is 0 Å². The first-order chi connectivity index (χ1) is 8.36. The van der Waals surface area contributed by atoms with Gasteiger partial charge >= 0.3 is 6.18 Å². The van der Waals surface area contributed by atoms with Gasteiger partial charge in [0.15, 0.2) is 0 Å². The number of nitrogens with two attached hydrogens (primary N) is 1. The normalized spacial score (nSPS) is 12.8. The standard InChI is InChI=1S/C11H12F4N2O/c1-18-5-4-17-10(16)8-6-7(12)2-3-9(8)11(13,14)15/h2-3,6H,4-5H2,1H3,(H2,16,17). The highest BCUT2D eigenvalue weighted by Gasteiger charge is 2.34. The molecule has 7 heteroatoms. The monoisotopic (exact) mass is 264 g/mol. The Labute approximate surface area is 101 Å². The molecule has 100 valence electrons. The predicted octanol–water partition coefficient (Wildman–Crippen LogP) is 2.20. The lowest BCUT2D eigenvalue weighted by molar-refractivity contribution is -0.137. The number of aliphatic imine (C=N–C) groups is 1. The fraction of sp³-hybridized carbons (Fsp3) is 0.364. The molecule has 0 saturated carbocycles. The summed E-state index contributed by atoms with van der Waals surface area (Å²) in [5.41, 5.74) is 3.96. The molecule has 0 fully saturated rings. The highest BCUT2D eigenvalue weighted by molar-refractivity contribution is 5.99. The molecule has 3 nitrogen and oxygen atoms in total. The molecule has 0 heterocycles. The third kappa shape index (κ3) is 3.69. The molecule has 1 aromatic rings. The second kappa shape index (κ2) is 5.81. The van der Waals surface area contributed by atoms with Crippen molar-refractivity contribution in [3.05, 3.63) is 35.1 Å². The Hall–Kier alpha value is -1.63. The number of amidine groups is 1. The molecular weight excluding hydrogens is 252 g/mol. The molecule has 1 aromatic carbocycles. The van der Waals surface area contributed by atoms with Crippen molar-refractivity contribution < 1.29 is 22.3 Å². The van der Waals surface area contributed by atoms with Crippen molar-refractivity contribution in [2.45, 2.75) is 6.18 Å². The van der Waals surface area contributed by atoms with Gasteiger partial charge in [0.25, 0.3) is 0 Å². The van der Waals surface area contributed by atoms with E-state index in [1.807, 2.05) is 0 Å². The van der Waals surface area contributed by atoms with E-state index in [4.69, 9.17) is 10.5 Å². The molecule has 0 amide bonds. The third-order valence-electron chi connectivity index (χ3n) is 2.14. The van der Waals surface area contributed by atoms with Crippen LogP contribution < -0.4 is 5.73 Å². The summed E-state index contributed by atoms with van der Waals surface area (Å²) in [6.45, 7) is 0.327. The minimum absolute atomic E-state index is 0.107. The minimum atomic E-state index is -4.61. The maximum Gasteiger partial charge on any atom is 0.417 e. The largest absolute Gasteiger partial charge is 0.417 e. The fourth-order valence-electron chi connectivity index (χ4n) is 1.32. The number of ether oxygens (including phenoxy) is 1. The van der Waals surface area contributed by atoms with E-state index in [0.717, 1.165) is 6.07 Å². The van der Waals surface area contributed by atoms with Crippen molar-refractivity contribution in [3.63, 3.8) is 0 Å². The summed E-state index contributed by atoms with van der Waals surface area (Å²) in [4.78, 5) is 3.70. The van der Waals surface area contributed by atoms with Gasteiger partial charge in [-0.15, -0.1) is 0 Å². The molecule has 0 atom stereocenters. The van der Waals surface area contributed by atoms with Crippen LogP contribution in [0.15, 0.2) is 23.2 Å². The molecule has 0 unspecified atom stereocenters. The molecule has 0 saturated heterocycles. The minimum Gasteiger partial charge on any atom is -0.383 e. The third-order valence-corrected chi connectivity index (χ3v) is 2.14. The summed E-state index contributed by atoms with van der Waals surface area (Å²) >= 11 is 0. The van der Waals surface area contributed by atoms with E-state index in [2.05, 4.69) is 4.99 Å². The van der Waals surface area contributed by atoms with Crippen molar-refractivity contribution >= 4 is 5.84 Å². The van der Waals surface area contributed by atoms with Crippen LogP contribution in [-0.2, 0) is 10.9 Å². The maximum atomic E-state index is 13.0. The first-order valence-corrected chi connectivity index (χ1v) is 5.02. The highest BCUT2D eigenvalue weighted by atomic mass is 19.4. The Bertz CT molecular complexity index is 443. The van der Waals surface area contributed by atoms with E-state index in [1.54, 1.807) is 0 Å². The molecule has 1 rings (SSSR count). The lowest BCUT2D eigenvalue weighted by Crippen LogP contribution is -2.21. The first-order valence-electron chi connectivity index (χ1n) is 5.02. The number of rotatable bonds is 4. The zero-order valence-electron chi connectivity index (χ0n) is 9.59. The predicted molar refractivity (Wildman–Crippen MR) is 58.9 cm³/mol. The molecule has 0 spiro atoms. The quantitative estimate of drug-likeness (QED) is 0.392. The Morgan fingerprint density at radius 3 is 2.61 bits per heavy atom. The number of alkyl halides is 3. The smallest absolute Gasteiger partial charge is 0.383 e. The zero-order valence-corrected chi connectivity index (χ0v) is 9.59. The summed E-state index contributed by atoms with van der Waals surface area (Å²) in [5, 5.41) is 0. The van der Waals surface area contributed by atoms with Gasteiger partial charge in [0.1, 0.15) is 11.7 Å². The summed E-state index contributed by atoms with van der Waals surface area (Å²) in [6.07, 6.45) is -4.61. The number of hydrogen-bond acceptors (Lipinski definition) is 2. The molecular formula is C11H12F4N2O. The van der Waals surface area contributed by atoms with Crippen LogP contribution in [-0.4, -0.2) is 26.1 Å². The van der Waals surface area contributed by atoms with Crippen molar-refractivity contribution in [2.75, 3.05) is 20.3 Å². The Kier molecular flexibility index (Phi) is 4.66. The van der Waals surface area contributed by atoms with Crippen LogP contribution in [0.4, 0.5) is 17.6 Å². The van der Waals surface area contributed by atoms with Crippen LogP contribution in [0.25, 0.3) is 0 Å². The Balaban J connectivity index is 3.13. The molecule has 0 aliphatic heterocycles. The number of hydrogen-bond donors (Lipinski definition) is 1. The molecule has 0 aliphatic carbocycles. The van der Waals surface area contributed by atoms with Gasteiger partial charge in [-0.2, -0.15) is 13.2 Å². The zero-order chi connectivity index (χ0) is 13.8. The Morgan fingerprint density at radius 2 is 2.06 bits per heavy atom. The summed E-state index contributed by atoms with van der Waals surface area (Å²) in [6, 6.07) is 2.09. The van der Waals surface area contributed by atoms with Crippen LogP contribution in [0.2, 0.25) is 0 Å². The number of methoxy groups -OCH3 is 1. The average molecular weight is 264 g/mol. The van der Waals surface area contributed by atoms with Gasteiger partial charge in [0.2, 0.25) is 0 Å². The van der Waals surface area contributed by atoms with E-state index in [0.29, 0.717) is 12.1 Å². The maximum absolute atomic E-state index is 13.0. The summed E-state index contributed by atoms with van der Waals surface area (Å²) in [5.74, 6) is -1.17. The van der Waals surface area contributed by atoms with E-state index in [9.17, 15) is 17.6 Å². The van der Waals surface area contributed by atoms with Gasteiger partial charge in [-0.1, -0.05) is 0 Å². The van der Waals surface area contributed by atoms with Crippen molar-refractivity contribution in [2.24, 2.45) is 10.7 Å². The van der Waals surface area contributed by atoms with Gasteiger partial charge in [0.05, 0.1) is 18.7 Å². The van der Waals surface area contributed by atoms with Crippen molar-refractivity contribution in [1.82, 2.24) is 0 Å². The van der Waals surface area contributed by atoms with E-state index in [1.165, 1.54) is 7.11 Å². The van der Waals surface area contributed by atoms with Gasteiger partial charge < -0.3 is 10.5 Å².